The van der Waals surface area contributed by atoms with Gasteiger partial charge >= 0.3 is 0 Å². The summed E-state index contributed by atoms with van der Waals surface area (Å²) in [6, 6.07) is 14.1. The summed E-state index contributed by atoms with van der Waals surface area (Å²) in [6.07, 6.45) is 0. The highest BCUT2D eigenvalue weighted by Gasteiger charge is 1.85. The molecule has 0 atom stereocenters. The lowest BCUT2D eigenvalue weighted by Gasteiger charge is -2.06. The molecule has 0 fully saturated rings. The van der Waals surface area contributed by atoms with Crippen molar-refractivity contribution in [2.45, 2.75) is 0 Å². The van der Waals surface area contributed by atoms with Crippen LogP contribution in [0.25, 0.3) is 10.8 Å². The van der Waals surface area contributed by atoms with E-state index in [9.17, 15) is 0 Å². The van der Waals surface area contributed by atoms with Gasteiger partial charge in [-0.15, -0.1) is 6.07 Å². The minimum atomic E-state index is 0.823. The van der Waals surface area contributed by atoms with Crippen molar-refractivity contribution >= 4 is 24.1 Å². The van der Waals surface area contributed by atoms with Gasteiger partial charge in [0.2, 0.25) is 0 Å². The standard InChI is InChI=1S/C10H7B/c11-10-6-5-8-3-1-2-4-9(8)7-10/h1-7H/q-1. The van der Waals surface area contributed by atoms with Gasteiger partial charge in [0.15, 0.2) is 0 Å². The Bertz CT molecular complexity index is 379. The lowest BCUT2D eigenvalue weighted by Crippen LogP contribution is -1.99. The first-order valence-corrected chi connectivity index (χ1v) is 3.60. The Morgan fingerprint density at radius 2 is 1.55 bits per heavy atom. The zero-order chi connectivity index (χ0) is 7.68. The van der Waals surface area contributed by atoms with Crippen LogP contribution in [0.2, 0.25) is 0 Å². The topological polar surface area (TPSA) is 0 Å². The van der Waals surface area contributed by atoms with Crippen molar-refractivity contribution in [1.82, 2.24) is 0 Å². The highest BCUT2D eigenvalue weighted by Crippen LogP contribution is 2.09. The van der Waals surface area contributed by atoms with Gasteiger partial charge in [-0.05, 0) is 10.8 Å². The van der Waals surface area contributed by atoms with E-state index in [0.717, 1.165) is 5.46 Å². The van der Waals surface area contributed by atoms with Crippen LogP contribution >= 0.6 is 0 Å². The Morgan fingerprint density at radius 3 is 2.36 bits per heavy atom. The SMILES string of the molecule is [B-]c1ccc2ccccc2c1. The molecule has 0 aliphatic carbocycles. The van der Waals surface area contributed by atoms with E-state index >= 15 is 0 Å². The van der Waals surface area contributed by atoms with E-state index in [4.69, 9.17) is 7.85 Å². The quantitative estimate of drug-likeness (QED) is 0.485. The third-order valence-electron chi connectivity index (χ3n) is 1.77. The zero-order valence-corrected chi connectivity index (χ0v) is 6.12. The van der Waals surface area contributed by atoms with Crippen LogP contribution in [-0.2, 0) is 0 Å². The Kier molecular flexibility index (Phi) is 1.43. The third kappa shape index (κ3) is 1.14. The Hall–Kier alpha value is -1.24. The molecule has 0 bridgehead atoms. The fourth-order valence-corrected chi connectivity index (χ4v) is 1.21. The number of rotatable bonds is 0. The number of benzene rings is 2. The summed E-state index contributed by atoms with van der Waals surface area (Å²) < 4.78 is 0. The maximum Gasteiger partial charge on any atom is -0.0186 e. The number of hydrogen-bond donors (Lipinski definition) is 0. The van der Waals surface area contributed by atoms with Crippen molar-refractivity contribution in [2.24, 2.45) is 0 Å². The normalized spacial score (nSPS) is 10.3. The second-order valence-electron chi connectivity index (χ2n) is 2.61. The lowest BCUT2D eigenvalue weighted by molar-refractivity contribution is 1.78. The van der Waals surface area contributed by atoms with E-state index in [1.165, 1.54) is 10.8 Å². The van der Waals surface area contributed by atoms with E-state index in [1.807, 2.05) is 30.3 Å². The van der Waals surface area contributed by atoms with Crippen molar-refractivity contribution in [2.75, 3.05) is 0 Å². The van der Waals surface area contributed by atoms with Gasteiger partial charge in [-0.25, -0.2) is 0 Å². The molecule has 2 aromatic rings. The summed E-state index contributed by atoms with van der Waals surface area (Å²) in [5, 5.41) is 2.44. The average Bonchev–Trinajstić information content (AvgIpc) is 2.04. The van der Waals surface area contributed by atoms with Gasteiger partial charge in [0.1, 0.15) is 0 Å². The van der Waals surface area contributed by atoms with E-state index < -0.39 is 0 Å². The molecule has 0 N–H and O–H groups in total. The van der Waals surface area contributed by atoms with Crippen LogP contribution in [0.5, 0.6) is 0 Å². The Balaban J connectivity index is 2.83. The zero-order valence-electron chi connectivity index (χ0n) is 6.12. The van der Waals surface area contributed by atoms with E-state index in [-0.39, 0.29) is 0 Å². The number of hydrogen-bond acceptors (Lipinski definition) is 0. The molecule has 1 heteroatoms. The van der Waals surface area contributed by atoms with Crippen LogP contribution in [0.15, 0.2) is 42.5 Å². The molecule has 0 saturated heterocycles. The summed E-state index contributed by atoms with van der Waals surface area (Å²) in [7, 11) is 5.62. The molecular formula is C10H7B-. The molecule has 0 unspecified atom stereocenters. The second-order valence-corrected chi connectivity index (χ2v) is 2.61. The second kappa shape index (κ2) is 2.42. The summed E-state index contributed by atoms with van der Waals surface area (Å²) >= 11 is 0. The Labute approximate surface area is 67.3 Å². The van der Waals surface area contributed by atoms with E-state index in [1.54, 1.807) is 0 Å². The molecule has 2 aromatic carbocycles. The minimum absolute atomic E-state index is 0.823. The smallest absolute Gasteiger partial charge is 0.0186 e. The predicted octanol–water partition coefficient (Wildman–Crippen LogP) is 1.63. The fraction of sp³-hybridized carbons (Fsp3) is 0. The first kappa shape index (κ1) is 6.47. The van der Waals surface area contributed by atoms with Crippen molar-refractivity contribution in [3.63, 3.8) is 0 Å². The summed E-state index contributed by atoms with van der Waals surface area (Å²) in [5.74, 6) is 0. The van der Waals surface area contributed by atoms with Crippen molar-refractivity contribution in [3.05, 3.63) is 42.5 Å². The summed E-state index contributed by atoms with van der Waals surface area (Å²) in [4.78, 5) is 0. The number of fused-ring (bicyclic) bond motifs is 1. The monoisotopic (exact) mass is 138 g/mol. The van der Waals surface area contributed by atoms with Crippen molar-refractivity contribution in [3.8, 4) is 0 Å². The molecule has 0 nitrogen and oxygen atoms in total. The first-order valence-electron chi connectivity index (χ1n) is 3.60. The molecular weight excluding hydrogens is 131 g/mol. The summed E-state index contributed by atoms with van der Waals surface area (Å²) in [5.41, 5.74) is 0.823. The van der Waals surface area contributed by atoms with Crippen LogP contribution in [0.4, 0.5) is 0 Å². The largest absolute Gasteiger partial charge is 0.580 e. The molecule has 0 amide bonds. The van der Waals surface area contributed by atoms with Crippen LogP contribution in [0.1, 0.15) is 0 Å². The van der Waals surface area contributed by atoms with Crippen molar-refractivity contribution in [1.29, 1.82) is 0 Å². The molecule has 0 aliphatic rings. The molecule has 11 heavy (non-hydrogen) atoms. The van der Waals surface area contributed by atoms with Gasteiger partial charge in [-0.2, -0.15) is 0 Å². The molecule has 51 valence electrons. The molecule has 0 spiro atoms. The van der Waals surface area contributed by atoms with Gasteiger partial charge in [0.25, 0.3) is 0 Å². The maximum atomic E-state index is 5.62. The Morgan fingerprint density at radius 1 is 0.818 bits per heavy atom. The lowest BCUT2D eigenvalue weighted by atomic mass is 9.94. The first-order chi connectivity index (χ1) is 5.36. The highest BCUT2D eigenvalue weighted by molar-refractivity contribution is 6.33. The van der Waals surface area contributed by atoms with Gasteiger partial charge in [0.05, 0.1) is 0 Å². The third-order valence-corrected chi connectivity index (χ3v) is 1.77. The predicted molar refractivity (Wildman–Crippen MR) is 49.3 cm³/mol. The van der Waals surface area contributed by atoms with Crippen LogP contribution in [0, 0.1) is 0 Å². The van der Waals surface area contributed by atoms with Crippen LogP contribution < -0.4 is 5.46 Å². The van der Waals surface area contributed by atoms with Crippen LogP contribution in [-0.4, -0.2) is 7.85 Å². The van der Waals surface area contributed by atoms with Gasteiger partial charge in [-0.3, -0.25) is 0 Å². The molecule has 0 heterocycles. The minimum Gasteiger partial charge on any atom is -0.580 e. The fourth-order valence-electron chi connectivity index (χ4n) is 1.21. The van der Waals surface area contributed by atoms with E-state index in [0.29, 0.717) is 0 Å². The molecule has 3 radical (unpaired) electrons. The van der Waals surface area contributed by atoms with Gasteiger partial charge in [0, 0.05) is 0 Å². The molecule has 0 aliphatic heterocycles. The molecule has 2 rings (SSSR count). The highest BCUT2D eigenvalue weighted by atomic mass is 13.9. The van der Waals surface area contributed by atoms with E-state index in [2.05, 4.69) is 12.1 Å². The summed E-state index contributed by atoms with van der Waals surface area (Å²) in [6.45, 7) is 0. The average molecular weight is 138 g/mol. The molecule has 0 saturated carbocycles. The molecule has 0 aromatic heterocycles. The maximum absolute atomic E-state index is 5.62. The van der Waals surface area contributed by atoms with Crippen molar-refractivity contribution < 1.29 is 0 Å². The van der Waals surface area contributed by atoms with Crippen LogP contribution in [0.3, 0.4) is 0 Å². The van der Waals surface area contributed by atoms with Gasteiger partial charge < -0.3 is 13.3 Å². The van der Waals surface area contributed by atoms with Gasteiger partial charge in [-0.1, -0.05) is 36.4 Å².